The number of rotatable bonds is 7. The Morgan fingerprint density at radius 1 is 1.27 bits per heavy atom. The molecule has 1 unspecified atom stereocenters. The van der Waals surface area contributed by atoms with E-state index in [9.17, 15) is 4.79 Å². The Balaban J connectivity index is 3.14. The van der Waals surface area contributed by atoms with E-state index < -0.39 is 12.3 Å². The lowest BCUT2D eigenvalue weighted by atomic mass is 10.1. The highest BCUT2D eigenvalue weighted by atomic mass is 16.1. The van der Waals surface area contributed by atoms with Gasteiger partial charge in [0.25, 0.3) is 0 Å². The Hall–Kier alpha value is -0.530. The standard InChI is InChI=1S/C9H19NO/c1-2-3-4-5-6-7-8-9(10)11/h2-8H2,1H3,(H2,10,11)/i8D. The monoisotopic (exact) mass is 158 g/mol. The molecule has 0 radical (unpaired) electrons. The van der Waals surface area contributed by atoms with E-state index in [2.05, 4.69) is 6.92 Å². The van der Waals surface area contributed by atoms with Crippen LogP contribution in [-0.2, 0) is 4.79 Å². The van der Waals surface area contributed by atoms with E-state index in [-0.39, 0.29) is 0 Å². The minimum Gasteiger partial charge on any atom is -0.370 e. The fourth-order valence-electron chi connectivity index (χ4n) is 0.992. The van der Waals surface area contributed by atoms with Crippen LogP contribution in [0.2, 0.25) is 0 Å². The van der Waals surface area contributed by atoms with Crippen molar-refractivity contribution in [3.63, 3.8) is 0 Å². The van der Waals surface area contributed by atoms with Crippen molar-refractivity contribution in [3.05, 3.63) is 0 Å². The smallest absolute Gasteiger partial charge is 0.217 e. The number of hydrogen-bond acceptors (Lipinski definition) is 1. The molecule has 0 spiro atoms. The lowest BCUT2D eigenvalue weighted by Gasteiger charge is -1.97. The molecule has 2 nitrogen and oxygen atoms in total. The van der Waals surface area contributed by atoms with Crippen molar-refractivity contribution in [3.8, 4) is 0 Å². The van der Waals surface area contributed by atoms with Crippen molar-refractivity contribution >= 4 is 5.91 Å². The third-order valence-electron chi connectivity index (χ3n) is 1.65. The van der Waals surface area contributed by atoms with Crippen LogP contribution in [0.5, 0.6) is 0 Å². The normalized spacial score (nSPS) is 14.1. The van der Waals surface area contributed by atoms with E-state index in [1.807, 2.05) is 0 Å². The van der Waals surface area contributed by atoms with Gasteiger partial charge in [-0.1, -0.05) is 39.0 Å². The highest BCUT2D eigenvalue weighted by molar-refractivity contribution is 5.73. The van der Waals surface area contributed by atoms with Crippen LogP contribution in [0.4, 0.5) is 0 Å². The van der Waals surface area contributed by atoms with Crippen molar-refractivity contribution in [2.75, 3.05) is 0 Å². The molecule has 0 saturated carbocycles. The first-order valence-electron chi connectivity index (χ1n) is 4.97. The molecule has 66 valence electrons. The fraction of sp³-hybridized carbons (Fsp3) is 0.889. The Labute approximate surface area is 70.6 Å². The summed E-state index contributed by atoms with van der Waals surface area (Å²) in [7, 11) is 0. The molecule has 2 heteroatoms. The van der Waals surface area contributed by atoms with E-state index in [1.165, 1.54) is 19.3 Å². The van der Waals surface area contributed by atoms with Gasteiger partial charge in [0.2, 0.25) is 5.91 Å². The second-order valence-corrected chi connectivity index (χ2v) is 2.81. The molecule has 0 heterocycles. The molecule has 0 aromatic heterocycles. The molecule has 1 amide bonds. The molecule has 0 aliphatic heterocycles. The van der Waals surface area contributed by atoms with Gasteiger partial charge in [-0.25, -0.2) is 0 Å². The topological polar surface area (TPSA) is 43.1 Å². The number of unbranched alkanes of at least 4 members (excludes halogenated alkanes) is 4. The van der Waals surface area contributed by atoms with Gasteiger partial charge in [0.1, 0.15) is 0 Å². The molecule has 0 aromatic carbocycles. The summed E-state index contributed by atoms with van der Waals surface area (Å²) in [5.41, 5.74) is 4.95. The second kappa shape index (κ2) is 7.58. The van der Waals surface area contributed by atoms with Gasteiger partial charge in [-0.05, 0) is 6.42 Å². The van der Waals surface area contributed by atoms with Crippen LogP contribution in [0, 0.1) is 0 Å². The molecule has 0 aromatic rings. The Bertz CT molecular complexity index is 128. The molecule has 0 rings (SSSR count). The third kappa shape index (κ3) is 9.47. The van der Waals surface area contributed by atoms with Gasteiger partial charge in [-0.3, -0.25) is 4.79 Å². The van der Waals surface area contributed by atoms with Gasteiger partial charge in [-0.2, -0.15) is 0 Å². The fourth-order valence-corrected chi connectivity index (χ4v) is 0.992. The van der Waals surface area contributed by atoms with Crippen molar-refractivity contribution in [2.24, 2.45) is 5.73 Å². The number of amides is 1. The first-order valence-corrected chi connectivity index (χ1v) is 4.40. The lowest BCUT2D eigenvalue weighted by Crippen LogP contribution is -2.09. The Kier molecular flexibility index (Phi) is 5.90. The van der Waals surface area contributed by atoms with Gasteiger partial charge in [-0.15, -0.1) is 0 Å². The van der Waals surface area contributed by atoms with Gasteiger partial charge >= 0.3 is 0 Å². The van der Waals surface area contributed by atoms with Crippen LogP contribution in [0.3, 0.4) is 0 Å². The first kappa shape index (κ1) is 8.57. The summed E-state index contributed by atoms with van der Waals surface area (Å²) in [6, 6.07) is 0. The highest BCUT2D eigenvalue weighted by Crippen LogP contribution is 2.05. The van der Waals surface area contributed by atoms with E-state index >= 15 is 0 Å². The molecule has 0 saturated heterocycles. The Morgan fingerprint density at radius 2 is 1.82 bits per heavy atom. The van der Waals surface area contributed by atoms with Crippen molar-refractivity contribution < 1.29 is 6.17 Å². The van der Waals surface area contributed by atoms with Gasteiger partial charge in [0.05, 0.1) is 0 Å². The van der Waals surface area contributed by atoms with Crippen molar-refractivity contribution in [1.82, 2.24) is 0 Å². The third-order valence-corrected chi connectivity index (χ3v) is 1.65. The molecule has 0 aliphatic carbocycles. The maximum absolute atomic E-state index is 10.5. The Morgan fingerprint density at radius 3 is 2.36 bits per heavy atom. The van der Waals surface area contributed by atoms with Crippen LogP contribution in [0.1, 0.15) is 53.2 Å². The van der Waals surface area contributed by atoms with Crippen molar-refractivity contribution in [1.29, 1.82) is 0 Å². The largest absolute Gasteiger partial charge is 0.370 e. The summed E-state index contributed by atoms with van der Waals surface area (Å²) >= 11 is 0. The summed E-state index contributed by atoms with van der Waals surface area (Å²) < 4.78 is 7.23. The molecule has 0 bridgehead atoms. The van der Waals surface area contributed by atoms with Crippen molar-refractivity contribution in [2.45, 2.75) is 51.8 Å². The zero-order valence-electron chi connectivity index (χ0n) is 8.31. The predicted octanol–water partition coefficient (Wildman–Crippen LogP) is 2.22. The minimum absolute atomic E-state index is 0.495. The van der Waals surface area contributed by atoms with Gasteiger partial charge in [0.15, 0.2) is 0 Å². The molecule has 2 N–H and O–H groups in total. The first-order chi connectivity index (χ1) is 5.68. The van der Waals surface area contributed by atoms with Crippen LogP contribution >= 0.6 is 0 Å². The van der Waals surface area contributed by atoms with E-state index in [0.29, 0.717) is 6.42 Å². The maximum atomic E-state index is 10.5. The predicted molar refractivity (Wildman–Crippen MR) is 47.2 cm³/mol. The van der Waals surface area contributed by atoms with Gasteiger partial charge in [0, 0.05) is 7.77 Å². The number of carbonyl (C=O) groups excluding carboxylic acids is 1. The van der Waals surface area contributed by atoms with E-state index in [0.717, 1.165) is 12.8 Å². The van der Waals surface area contributed by atoms with Gasteiger partial charge < -0.3 is 5.73 Å². The number of nitrogens with two attached hydrogens (primary N) is 1. The lowest BCUT2D eigenvalue weighted by molar-refractivity contribution is -0.118. The molecule has 11 heavy (non-hydrogen) atoms. The number of hydrogen-bond donors (Lipinski definition) is 1. The summed E-state index contributed by atoms with van der Waals surface area (Å²) in [5.74, 6) is -0.495. The summed E-state index contributed by atoms with van der Waals surface area (Å²) in [4.78, 5) is 10.5. The molecule has 0 aliphatic rings. The average Bonchev–Trinajstić information content (AvgIpc) is 2.03. The summed E-state index contributed by atoms with van der Waals surface area (Å²) in [6.07, 6.45) is 5.69. The second-order valence-electron chi connectivity index (χ2n) is 2.81. The summed E-state index contributed by atoms with van der Waals surface area (Å²) in [6.45, 7) is 2.16. The minimum atomic E-state index is -0.688. The highest BCUT2D eigenvalue weighted by Gasteiger charge is 1.93. The number of carbonyl (C=O) groups is 1. The van der Waals surface area contributed by atoms with E-state index in [4.69, 9.17) is 7.10 Å². The van der Waals surface area contributed by atoms with E-state index in [1.54, 1.807) is 0 Å². The maximum Gasteiger partial charge on any atom is 0.217 e. The average molecular weight is 158 g/mol. The quantitative estimate of drug-likeness (QED) is 0.567. The van der Waals surface area contributed by atoms with Crippen LogP contribution < -0.4 is 5.73 Å². The molecular formula is C9H19NO. The molecular weight excluding hydrogens is 138 g/mol. The van der Waals surface area contributed by atoms with Crippen LogP contribution in [0.15, 0.2) is 0 Å². The number of primary amides is 1. The summed E-state index contributed by atoms with van der Waals surface area (Å²) in [5, 5.41) is 0. The zero-order chi connectivity index (χ0) is 9.40. The molecule has 0 fully saturated rings. The SMILES string of the molecule is [2H]C(CCCCCCC)C(N)=O. The molecule has 1 atom stereocenters. The zero-order valence-corrected chi connectivity index (χ0v) is 7.31. The van der Waals surface area contributed by atoms with Crippen LogP contribution in [0.25, 0.3) is 0 Å². The van der Waals surface area contributed by atoms with Crippen LogP contribution in [-0.4, -0.2) is 5.91 Å².